The van der Waals surface area contributed by atoms with Gasteiger partial charge in [-0.2, -0.15) is 0 Å². The molecule has 2 atom stereocenters. The third-order valence-electron chi connectivity index (χ3n) is 7.58. The normalized spacial score (nSPS) is 21.6. The van der Waals surface area contributed by atoms with E-state index in [0.717, 1.165) is 27.8 Å². The number of aliphatic imine (C=N–C) groups is 1. The Balaban J connectivity index is 2.04. The number of carbonyl (C=O) groups is 1. The maximum absolute atomic E-state index is 13.4. The van der Waals surface area contributed by atoms with E-state index in [0.29, 0.717) is 16.6 Å². The van der Waals surface area contributed by atoms with Crippen molar-refractivity contribution in [1.29, 1.82) is 0 Å². The molecular formula is C32H36Cl2N2O2. The molecule has 4 nitrogen and oxygen atoms in total. The molecule has 1 amide bonds. The Bertz CT molecular complexity index is 1370. The van der Waals surface area contributed by atoms with E-state index in [1.54, 1.807) is 4.90 Å². The number of carbonyl (C=O) groups excluding carboxylic acids is 1. The summed E-state index contributed by atoms with van der Waals surface area (Å²) in [7, 11) is 0. The smallest absolute Gasteiger partial charge is 0.322 e. The maximum Gasteiger partial charge on any atom is 0.322 e. The van der Waals surface area contributed by atoms with Crippen LogP contribution in [0.1, 0.15) is 76.3 Å². The lowest BCUT2D eigenvalue weighted by Crippen LogP contribution is -2.53. The first-order valence-electron chi connectivity index (χ1n) is 12.9. The van der Waals surface area contributed by atoms with Crippen molar-refractivity contribution >= 4 is 34.4 Å². The third kappa shape index (κ3) is 4.85. The number of hydrogen-bond acceptors (Lipinski definition) is 3. The summed E-state index contributed by atoms with van der Waals surface area (Å²) in [4.78, 5) is 20.3. The second kappa shape index (κ2) is 10.1. The summed E-state index contributed by atoms with van der Waals surface area (Å²) in [5.41, 5.74) is 2.92. The van der Waals surface area contributed by atoms with Crippen LogP contribution < -0.4 is 4.74 Å². The van der Waals surface area contributed by atoms with Crippen LogP contribution in [0.5, 0.6) is 5.75 Å². The summed E-state index contributed by atoms with van der Waals surface area (Å²) in [6.07, 6.45) is -0.0720. The zero-order valence-corrected chi connectivity index (χ0v) is 24.9. The van der Waals surface area contributed by atoms with Gasteiger partial charge in [0.1, 0.15) is 22.7 Å². The Morgan fingerprint density at radius 1 is 0.947 bits per heavy atom. The summed E-state index contributed by atoms with van der Waals surface area (Å²) >= 11 is 12.7. The van der Waals surface area contributed by atoms with Crippen LogP contribution in [0.25, 0.3) is 0 Å². The molecular weight excluding hydrogens is 515 g/mol. The Morgan fingerprint density at radius 2 is 1.53 bits per heavy atom. The molecule has 0 fully saturated rings. The highest BCUT2D eigenvalue weighted by molar-refractivity contribution is 6.64. The SMILES string of the molecule is Cc1ccc([C@]2(C)N=C(c3ccc(C(C)(C)C)cc3OC(C)C)N(C(=O)Cl)[C@]2(C)c2ccc(Cl)cc2)cc1. The van der Waals surface area contributed by atoms with Crippen molar-refractivity contribution < 1.29 is 9.53 Å². The number of benzene rings is 3. The van der Waals surface area contributed by atoms with E-state index < -0.39 is 16.4 Å². The van der Waals surface area contributed by atoms with Crippen molar-refractivity contribution in [3.63, 3.8) is 0 Å². The Morgan fingerprint density at radius 3 is 2.05 bits per heavy atom. The predicted molar refractivity (Wildman–Crippen MR) is 158 cm³/mol. The molecule has 0 N–H and O–H groups in total. The number of ether oxygens (including phenoxy) is 1. The van der Waals surface area contributed by atoms with Crippen LogP contribution in [0.2, 0.25) is 5.02 Å². The van der Waals surface area contributed by atoms with Crippen LogP contribution in [0.3, 0.4) is 0 Å². The van der Waals surface area contributed by atoms with Crippen LogP contribution in [-0.2, 0) is 16.5 Å². The standard InChI is InChI=1S/C32H36Cl2N2O2/c1-20(2)38-27-19-24(30(4,5)6)15-18-26(27)28-35-31(7,22-11-9-21(3)10-12-22)32(8,36(28)29(34)37)23-13-16-25(33)17-14-23/h9-20H,1-8H3/t31-,32+/m0/s1. The molecule has 0 saturated heterocycles. The van der Waals surface area contributed by atoms with E-state index in [1.807, 2.05) is 51.1 Å². The summed E-state index contributed by atoms with van der Waals surface area (Å²) < 4.78 is 6.32. The lowest BCUT2D eigenvalue weighted by molar-refractivity contribution is 0.149. The Labute approximate surface area is 236 Å². The fourth-order valence-electron chi connectivity index (χ4n) is 5.17. The monoisotopic (exact) mass is 550 g/mol. The molecule has 0 aromatic heterocycles. The van der Waals surface area contributed by atoms with Crippen molar-refractivity contribution in [2.75, 3.05) is 0 Å². The maximum atomic E-state index is 13.4. The molecule has 200 valence electrons. The highest BCUT2D eigenvalue weighted by Crippen LogP contribution is 2.54. The summed E-state index contributed by atoms with van der Waals surface area (Å²) in [6, 6.07) is 21.9. The average Bonchev–Trinajstić information content (AvgIpc) is 3.07. The third-order valence-corrected chi connectivity index (χ3v) is 8.00. The molecule has 1 aliphatic rings. The number of nitrogens with zero attached hydrogens (tertiary/aromatic N) is 2. The average molecular weight is 552 g/mol. The molecule has 0 bridgehead atoms. The van der Waals surface area contributed by atoms with Gasteiger partial charge in [0.15, 0.2) is 0 Å². The zero-order valence-electron chi connectivity index (χ0n) is 23.4. The first kappa shape index (κ1) is 28.2. The van der Waals surface area contributed by atoms with E-state index in [2.05, 4.69) is 71.0 Å². The minimum absolute atomic E-state index is 0.0720. The number of rotatable bonds is 5. The number of amides is 1. The number of hydrogen-bond donors (Lipinski definition) is 0. The number of halogens is 2. The molecule has 1 heterocycles. The fraction of sp³-hybridized carbons (Fsp3) is 0.375. The van der Waals surface area contributed by atoms with Crippen LogP contribution in [0.4, 0.5) is 4.79 Å². The zero-order chi connectivity index (χ0) is 28.0. The van der Waals surface area contributed by atoms with Crippen LogP contribution >= 0.6 is 23.2 Å². The highest BCUT2D eigenvalue weighted by Gasteiger charge is 2.59. The van der Waals surface area contributed by atoms with E-state index in [1.165, 1.54) is 0 Å². The van der Waals surface area contributed by atoms with Gasteiger partial charge in [0.05, 0.1) is 11.7 Å². The molecule has 3 aromatic carbocycles. The molecule has 6 heteroatoms. The van der Waals surface area contributed by atoms with Gasteiger partial charge in [0.25, 0.3) is 0 Å². The summed E-state index contributed by atoms with van der Waals surface area (Å²) in [5, 5.41) is -0.00454. The van der Waals surface area contributed by atoms with E-state index >= 15 is 0 Å². The van der Waals surface area contributed by atoms with E-state index in [4.69, 9.17) is 32.9 Å². The second-order valence-corrected chi connectivity index (χ2v) is 12.4. The van der Waals surface area contributed by atoms with Gasteiger partial charge in [-0.05, 0) is 92.6 Å². The van der Waals surface area contributed by atoms with Gasteiger partial charge in [-0.3, -0.25) is 14.7 Å². The lowest BCUT2D eigenvalue weighted by atomic mass is 9.71. The molecule has 38 heavy (non-hydrogen) atoms. The molecule has 1 aliphatic heterocycles. The van der Waals surface area contributed by atoms with Crippen LogP contribution in [-0.4, -0.2) is 22.2 Å². The molecule has 0 spiro atoms. The van der Waals surface area contributed by atoms with Gasteiger partial charge in [-0.1, -0.05) is 80.4 Å². The van der Waals surface area contributed by atoms with Crippen molar-refractivity contribution in [1.82, 2.24) is 4.90 Å². The molecule has 4 rings (SSSR count). The van der Waals surface area contributed by atoms with Gasteiger partial charge >= 0.3 is 5.37 Å². The second-order valence-electron chi connectivity index (χ2n) is 11.7. The van der Waals surface area contributed by atoms with Gasteiger partial charge in [-0.25, -0.2) is 0 Å². The van der Waals surface area contributed by atoms with Crippen LogP contribution in [0, 0.1) is 6.92 Å². The lowest BCUT2D eigenvalue weighted by Gasteiger charge is -2.44. The number of aryl methyl sites for hydroxylation is 1. The van der Waals surface area contributed by atoms with Crippen molar-refractivity contribution in [3.05, 3.63) is 99.6 Å². The summed E-state index contributed by atoms with van der Waals surface area (Å²) in [6.45, 7) is 16.6. The largest absolute Gasteiger partial charge is 0.490 e. The number of amidine groups is 1. The van der Waals surface area contributed by atoms with Crippen molar-refractivity contribution in [2.45, 2.75) is 78.0 Å². The van der Waals surface area contributed by atoms with Gasteiger partial charge in [0.2, 0.25) is 0 Å². The van der Waals surface area contributed by atoms with E-state index in [9.17, 15) is 4.79 Å². The fourth-order valence-corrected chi connectivity index (χ4v) is 5.55. The quantitative estimate of drug-likeness (QED) is 0.235. The Hall–Kier alpha value is -2.82. The van der Waals surface area contributed by atoms with E-state index in [-0.39, 0.29) is 11.5 Å². The minimum atomic E-state index is -0.960. The van der Waals surface area contributed by atoms with Gasteiger partial charge < -0.3 is 4.74 Å². The Kier molecular flexibility index (Phi) is 7.46. The van der Waals surface area contributed by atoms with Crippen molar-refractivity contribution in [2.24, 2.45) is 4.99 Å². The van der Waals surface area contributed by atoms with Crippen molar-refractivity contribution in [3.8, 4) is 5.75 Å². The summed E-state index contributed by atoms with van der Waals surface area (Å²) in [5.74, 6) is 1.14. The van der Waals surface area contributed by atoms with Crippen LogP contribution in [0.15, 0.2) is 71.7 Å². The molecule has 0 unspecified atom stereocenters. The minimum Gasteiger partial charge on any atom is -0.490 e. The molecule has 0 saturated carbocycles. The van der Waals surface area contributed by atoms with Gasteiger partial charge in [0, 0.05) is 5.02 Å². The predicted octanol–water partition coefficient (Wildman–Crippen LogP) is 8.98. The highest BCUT2D eigenvalue weighted by atomic mass is 35.5. The topological polar surface area (TPSA) is 41.9 Å². The van der Waals surface area contributed by atoms with Gasteiger partial charge in [-0.15, -0.1) is 0 Å². The molecule has 0 radical (unpaired) electrons. The first-order valence-corrected chi connectivity index (χ1v) is 13.7. The molecule has 0 aliphatic carbocycles. The molecule has 3 aromatic rings. The first-order chi connectivity index (χ1) is 17.7.